The van der Waals surface area contributed by atoms with Crippen molar-refractivity contribution in [1.29, 1.82) is 0 Å². The third kappa shape index (κ3) is 3.86. The summed E-state index contributed by atoms with van der Waals surface area (Å²) >= 11 is 12.3. The lowest BCUT2D eigenvalue weighted by molar-refractivity contribution is 1.14. The van der Waals surface area contributed by atoms with Crippen LogP contribution < -0.4 is 0 Å². The molecule has 0 N–H and O–H groups in total. The summed E-state index contributed by atoms with van der Waals surface area (Å²) in [5.41, 5.74) is 3.12. The summed E-state index contributed by atoms with van der Waals surface area (Å²) in [4.78, 5) is 4.20. The maximum Gasteiger partial charge on any atom is 0.132 e. The van der Waals surface area contributed by atoms with Crippen molar-refractivity contribution in [2.24, 2.45) is 4.99 Å². The average Bonchev–Trinajstić information content (AvgIpc) is 2.30. The van der Waals surface area contributed by atoms with Gasteiger partial charge in [0.15, 0.2) is 0 Å². The topological polar surface area (TPSA) is 12.4 Å². The first-order valence-corrected chi connectivity index (χ1v) is 6.51. The largest absolute Gasteiger partial charge is 0.273 e. The van der Waals surface area contributed by atoms with Gasteiger partial charge in [0, 0.05) is 17.2 Å². The molecule has 0 saturated heterocycles. The van der Waals surface area contributed by atoms with Crippen LogP contribution in [0.2, 0.25) is 0 Å². The van der Waals surface area contributed by atoms with E-state index in [0.717, 1.165) is 17.6 Å². The summed E-state index contributed by atoms with van der Waals surface area (Å²) in [6.45, 7) is 6.56. The minimum absolute atomic E-state index is 0.476. The highest BCUT2D eigenvalue weighted by molar-refractivity contribution is 6.77. The molecule has 0 aliphatic rings. The fourth-order valence-electron chi connectivity index (χ4n) is 1.59. The van der Waals surface area contributed by atoms with Gasteiger partial charge in [-0.25, -0.2) is 0 Å². The molecule has 0 aliphatic heterocycles. The van der Waals surface area contributed by atoms with E-state index in [0.29, 0.717) is 16.7 Å². The average molecular weight is 270 g/mol. The Morgan fingerprint density at radius 2 is 1.71 bits per heavy atom. The van der Waals surface area contributed by atoms with Crippen LogP contribution in [0.25, 0.3) is 5.57 Å². The van der Waals surface area contributed by atoms with Crippen molar-refractivity contribution in [2.75, 3.05) is 6.54 Å². The summed E-state index contributed by atoms with van der Waals surface area (Å²) in [6.07, 6.45) is 1.02. The van der Waals surface area contributed by atoms with Crippen molar-refractivity contribution in [3.63, 3.8) is 0 Å². The number of rotatable bonds is 4. The molecule has 1 nitrogen and oxygen atoms in total. The first-order chi connectivity index (χ1) is 8.10. The Kier molecular flexibility index (Phi) is 5.73. The van der Waals surface area contributed by atoms with Crippen molar-refractivity contribution in [2.45, 2.75) is 27.2 Å². The molecule has 0 spiro atoms. The van der Waals surface area contributed by atoms with E-state index in [1.165, 1.54) is 5.56 Å². The Hall–Kier alpha value is -0.790. The summed E-state index contributed by atoms with van der Waals surface area (Å²) in [5, 5.41) is 1.14. The second-order valence-corrected chi connectivity index (χ2v) is 4.65. The van der Waals surface area contributed by atoms with E-state index >= 15 is 0 Å². The van der Waals surface area contributed by atoms with Crippen LogP contribution in [0.1, 0.15) is 31.9 Å². The first kappa shape index (κ1) is 14.3. The molecule has 0 radical (unpaired) electrons. The third-order valence-corrected chi connectivity index (χ3v) is 3.00. The van der Waals surface area contributed by atoms with Crippen LogP contribution in [0.4, 0.5) is 0 Å². The quantitative estimate of drug-likeness (QED) is 0.692. The van der Waals surface area contributed by atoms with Gasteiger partial charge in [-0.05, 0) is 31.4 Å². The normalized spacial score (nSPS) is 13.6. The Morgan fingerprint density at radius 3 is 2.12 bits per heavy atom. The lowest BCUT2D eigenvalue weighted by Gasteiger charge is -2.08. The highest BCUT2D eigenvalue weighted by Crippen LogP contribution is 2.25. The molecule has 3 heteroatoms. The monoisotopic (exact) mass is 269 g/mol. The molecule has 0 heterocycles. The van der Waals surface area contributed by atoms with Gasteiger partial charge in [0.2, 0.25) is 0 Å². The van der Waals surface area contributed by atoms with Gasteiger partial charge in [-0.1, -0.05) is 54.4 Å². The number of halogens is 2. The number of aryl methyl sites for hydroxylation is 1. The van der Waals surface area contributed by atoms with Crippen molar-refractivity contribution >= 4 is 33.9 Å². The highest BCUT2D eigenvalue weighted by Gasteiger charge is 2.10. The zero-order chi connectivity index (χ0) is 12.8. The molecule has 0 bridgehead atoms. The van der Waals surface area contributed by atoms with Crippen LogP contribution in [0.15, 0.2) is 34.3 Å². The van der Waals surface area contributed by atoms with E-state index < -0.39 is 0 Å². The van der Waals surface area contributed by atoms with Gasteiger partial charge in [0.25, 0.3) is 0 Å². The summed E-state index contributed by atoms with van der Waals surface area (Å²) in [5.74, 6) is 0. The number of allylic oxidation sites excluding steroid dienone is 2. The Bertz CT molecular complexity index is 426. The molecule has 0 amide bonds. The summed E-state index contributed by atoms with van der Waals surface area (Å²) in [6, 6.07) is 8.25. The van der Waals surface area contributed by atoms with Crippen LogP contribution in [0.3, 0.4) is 0 Å². The lowest BCUT2D eigenvalue weighted by atomic mass is 10.0. The first-order valence-electron chi connectivity index (χ1n) is 5.76. The van der Waals surface area contributed by atoms with Crippen molar-refractivity contribution in [3.05, 3.63) is 40.4 Å². The van der Waals surface area contributed by atoms with Crippen molar-refractivity contribution in [1.82, 2.24) is 0 Å². The minimum Gasteiger partial charge on any atom is -0.273 e. The molecule has 0 fully saturated rings. The van der Waals surface area contributed by atoms with E-state index in [2.05, 4.69) is 24.0 Å². The molecular weight excluding hydrogens is 253 g/mol. The van der Waals surface area contributed by atoms with Gasteiger partial charge in [-0.2, -0.15) is 0 Å². The Labute approximate surface area is 113 Å². The molecular formula is C14H17Cl2N. The smallest absolute Gasteiger partial charge is 0.132 e. The second-order valence-electron chi connectivity index (χ2n) is 3.72. The number of nitrogens with zero attached hydrogens (tertiary/aromatic N) is 1. The van der Waals surface area contributed by atoms with E-state index in [4.69, 9.17) is 23.2 Å². The molecule has 92 valence electrons. The second kappa shape index (κ2) is 6.83. The number of benzene rings is 1. The molecule has 0 atom stereocenters. The van der Waals surface area contributed by atoms with Crippen LogP contribution in [-0.2, 0) is 6.42 Å². The van der Waals surface area contributed by atoms with Crippen LogP contribution in [-0.4, -0.2) is 11.7 Å². The van der Waals surface area contributed by atoms with Crippen molar-refractivity contribution in [3.8, 4) is 0 Å². The maximum absolute atomic E-state index is 6.16. The van der Waals surface area contributed by atoms with Gasteiger partial charge in [0.1, 0.15) is 5.17 Å². The Balaban J connectivity index is 3.16. The van der Waals surface area contributed by atoms with Gasteiger partial charge in [-0.3, -0.25) is 4.99 Å². The molecule has 1 aromatic carbocycles. The van der Waals surface area contributed by atoms with Gasteiger partial charge >= 0.3 is 0 Å². The zero-order valence-electron chi connectivity index (χ0n) is 10.4. The summed E-state index contributed by atoms with van der Waals surface area (Å²) in [7, 11) is 0. The third-order valence-electron chi connectivity index (χ3n) is 2.50. The van der Waals surface area contributed by atoms with E-state index in [-0.39, 0.29) is 0 Å². The van der Waals surface area contributed by atoms with Crippen LogP contribution in [0, 0.1) is 0 Å². The van der Waals surface area contributed by atoms with E-state index in [1.54, 1.807) is 0 Å². The molecule has 0 aliphatic carbocycles. The molecule has 1 aromatic rings. The molecule has 17 heavy (non-hydrogen) atoms. The Morgan fingerprint density at radius 1 is 1.12 bits per heavy atom. The fraction of sp³-hybridized carbons (Fsp3) is 0.357. The predicted octanol–water partition coefficient (Wildman–Crippen LogP) is 4.88. The maximum atomic E-state index is 6.16. The van der Waals surface area contributed by atoms with E-state index in [9.17, 15) is 0 Å². The number of hydrogen-bond donors (Lipinski definition) is 0. The zero-order valence-corrected chi connectivity index (χ0v) is 11.9. The van der Waals surface area contributed by atoms with Crippen LogP contribution in [0.5, 0.6) is 0 Å². The fourth-order valence-corrected chi connectivity index (χ4v) is 2.20. The van der Waals surface area contributed by atoms with Gasteiger partial charge in [0.05, 0.1) is 0 Å². The minimum atomic E-state index is 0.476. The molecule has 0 saturated carbocycles. The molecule has 0 aromatic heterocycles. The summed E-state index contributed by atoms with van der Waals surface area (Å²) < 4.78 is 0. The van der Waals surface area contributed by atoms with Crippen molar-refractivity contribution < 1.29 is 0 Å². The predicted molar refractivity (Wildman–Crippen MR) is 78.1 cm³/mol. The number of aliphatic imine (C=N–C) groups is 1. The van der Waals surface area contributed by atoms with Gasteiger partial charge in [-0.15, -0.1) is 0 Å². The highest BCUT2D eigenvalue weighted by atomic mass is 35.5. The van der Waals surface area contributed by atoms with Crippen LogP contribution >= 0.6 is 23.2 Å². The van der Waals surface area contributed by atoms with E-state index in [1.807, 2.05) is 26.0 Å². The SMILES string of the molecule is CCN=C(Cl)/C(=C(\C)Cl)c1ccc(CC)cc1. The standard InChI is InChI=1S/C14H17Cl2N/c1-4-11-6-8-12(9-7-11)13(10(3)15)14(16)17-5-2/h6-9H,4-5H2,1-3H3/b13-10+,17-14?. The van der Waals surface area contributed by atoms with Gasteiger partial charge < -0.3 is 0 Å². The number of hydrogen-bond acceptors (Lipinski definition) is 1. The lowest BCUT2D eigenvalue weighted by Crippen LogP contribution is -1.97. The molecule has 0 unspecified atom stereocenters. The molecule has 1 rings (SSSR count).